The molecule has 0 spiro atoms. The molecule has 1 amide bonds. The van der Waals surface area contributed by atoms with E-state index in [2.05, 4.69) is 11.2 Å². The van der Waals surface area contributed by atoms with Crippen molar-refractivity contribution < 1.29 is 14.7 Å². The smallest absolute Gasteiger partial charge is 0.327 e. The molecule has 94 valence electrons. The maximum absolute atomic E-state index is 11.6. The first-order chi connectivity index (χ1) is 8.63. The molecule has 0 unspecified atom stereocenters. The number of nitrogens with one attached hydrogen (secondary N) is 1. The summed E-state index contributed by atoms with van der Waals surface area (Å²) in [4.78, 5) is 22.4. The average Bonchev–Trinajstić information content (AvgIpc) is 2.37. The van der Waals surface area contributed by atoms with Gasteiger partial charge in [-0.1, -0.05) is 30.3 Å². The summed E-state index contributed by atoms with van der Waals surface area (Å²) in [5.74, 6) is 0.818. The van der Waals surface area contributed by atoms with Crippen LogP contribution in [-0.4, -0.2) is 23.0 Å². The molecule has 0 aliphatic carbocycles. The minimum Gasteiger partial charge on any atom is -0.480 e. The Morgan fingerprint density at radius 1 is 1.33 bits per heavy atom. The second kappa shape index (κ2) is 7.13. The van der Waals surface area contributed by atoms with Gasteiger partial charge in [-0.15, -0.1) is 12.3 Å². The standard InChI is InChI=1S/C14H15NO3/c1-2-6-12(14(17)18)15-13(16)10-9-11-7-4-3-5-8-11/h1,3-5,7-8,12H,6,9-10H2,(H,15,16)(H,17,18)/t12-/m1/s1. The quantitative estimate of drug-likeness (QED) is 0.740. The molecule has 1 aromatic carbocycles. The summed E-state index contributed by atoms with van der Waals surface area (Å²) in [6.45, 7) is 0. The molecule has 0 bridgehead atoms. The first-order valence-corrected chi connectivity index (χ1v) is 5.63. The minimum absolute atomic E-state index is 0.00753. The van der Waals surface area contributed by atoms with Crippen molar-refractivity contribution in [3.63, 3.8) is 0 Å². The Morgan fingerprint density at radius 3 is 2.56 bits per heavy atom. The van der Waals surface area contributed by atoms with E-state index in [1.54, 1.807) is 0 Å². The third kappa shape index (κ3) is 4.71. The van der Waals surface area contributed by atoms with E-state index in [1.807, 2.05) is 30.3 Å². The lowest BCUT2D eigenvalue weighted by Gasteiger charge is -2.11. The Bertz CT molecular complexity index is 448. The fraction of sp³-hybridized carbons (Fsp3) is 0.286. The zero-order valence-corrected chi connectivity index (χ0v) is 9.93. The number of aliphatic carboxylic acids is 1. The lowest BCUT2D eigenvalue weighted by Crippen LogP contribution is -2.40. The molecule has 18 heavy (non-hydrogen) atoms. The van der Waals surface area contributed by atoms with Crippen molar-refractivity contribution in [2.45, 2.75) is 25.3 Å². The lowest BCUT2D eigenvalue weighted by atomic mass is 10.1. The average molecular weight is 245 g/mol. The number of hydrogen-bond acceptors (Lipinski definition) is 2. The van der Waals surface area contributed by atoms with Gasteiger partial charge in [-0.2, -0.15) is 0 Å². The number of terminal acetylenes is 1. The molecule has 0 saturated heterocycles. The summed E-state index contributed by atoms with van der Waals surface area (Å²) in [6, 6.07) is 8.53. The van der Waals surface area contributed by atoms with Crippen molar-refractivity contribution in [1.82, 2.24) is 5.32 Å². The number of rotatable bonds is 6. The molecule has 1 rings (SSSR count). The highest BCUT2D eigenvalue weighted by Crippen LogP contribution is 2.02. The van der Waals surface area contributed by atoms with E-state index in [0.717, 1.165) is 5.56 Å². The molecular weight excluding hydrogens is 230 g/mol. The van der Waals surface area contributed by atoms with Crippen molar-refractivity contribution in [2.24, 2.45) is 0 Å². The third-order valence-electron chi connectivity index (χ3n) is 2.44. The van der Waals surface area contributed by atoms with Crippen molar-refractivity contribution in [3.8, 4) is 12.3 Å². The first-order valence-electron chi connectivity index (χ1n) is 5.63. The van der Waals surface area contributed by atoms with Gasteiger partial charge in [-0.05, 0) is 12.0 Å². The van der Waals surface area contributed by atoms with Crippen LogP contribution >= 0.6 is 0 Å². The Hall–Kier alpha value is -2.28. The van der Waals surface area contributed by atoms with E-state index in [4.69, 9.17) is 11.5 Å². The van der Waals surface area contributed by atoms with Crippen LogP contribution in [0.4, 0.5) is 0 Å². The van der Waals surface area contributed by atoms with Crippen molar-refractivity contribution in [2.75, 3.05) is 0 Å². The Morgan fingerprint density at radius 2 is 2.00 bits per heavy atom. The lowest BCUT2D eigenvalue weighted by molar-refractivity contribution is -0.141. The molecule has 1 atom stereocenters. The topological polar surface area (TPSA) is 66.4 Å². The van der Waals surface area contributed by atoms with Gasteiger partial charge >= 0.3 is 5.97 Å². The second-order valence-electron chi connectivity index (χ2n) is 3.85. The summed E-state index contributed by atoms with van der Waals surface area (Å²) in [7, 11) is 0. The van der Waals surface area contributed by atoms with Crippen LogP contribution in [0, 0.1) is 12.3 Å². The van der Waals surface area contributed by atoms with Gasteiger partial charge < -0.3 is 10.4 Å². The van der Waals surface area contributed by atoms with Crippen molar-refractivity contribution in [1.29, 1.82) is 0 Å². The van der Waals surface area contributed by atoms with E-state index in [-0.39, 0.29) is 18.7 Å². The van der Waals surface area contributed by atoms with Gasteiger partial charge in [0.25, 0.3) is 0 Å². The predicted octanol–water partition coefficient (Wildman–Crippen LogP) is 1.21. The first kappa shape index (κ1) is 13.8. The van der Waals surface area contributed by atoms with E-state index < -0.39 is 12.0 Å². The SMILES string of the molecule is C#CC[C@@H](NC(=O)CCc1ccccc1)C(=O)O. The predicted molar refractivity (Wildman–Crippen MR) is 67.8 cm³/mol. The zero-order valence-electron chi connectivity index (χ0n) is 9.93. The Balaban J connectivity index is 2.42. The van der Waals surface area contributed by atoms with Crippen LogP contribution in [0.1, 0.15) is 18.4 Å². The van der Waals surface area contributed by atoms with E-state index in [9.17, 15) is 9.59 Å². The van der Waals surface area contributed by atoms with Crippen LogP contribution < -0.4 is 5.32 Å². The summed E-state index contributed by atoms with van der Waals surface area (Å²) < 4.78 is 0. The maximum Gasteiger partial charge on any atom is 0.327 e. The molecule has 0 heterocycles. The monoisotopic (exact) mass is 245 g/mol. The summed E-state index contributed by atoms with van der Waals surface area (Å²) >= 11 is 0. The molecular formula is C14H15NO3. The normalized spacial score (nSPS) is 11.3. The van der Waals surface area contributed by atoms with Crippen LogP contribution in [0.25, 0.3) is 0 Å². The van der Waals surface area contributed by atoms with Gasteiger partial charge in [0.05, 0.1) is 0 Å². The molecule has 2 N–H and O–H groups in total. The molecule has 0 saturated carbocycles. The number of carboxylic acid groups (broad SMARTS) is 1. The van der Waals surface area contributed by atoms with Gasteiger partial charge in [-0.25, -0.2) is 4.79 Å². The number of amides is 1. The van der Waals surface area contributed by atoms with Crippen molar-refractivity contribution >= 4 is 11.9 Å². The molecule has 0 aliphatic rings. The fourth-order valence-electron chi connectivity index (χ4n) is 1.49. The van der Waals surface area contributed by atoms with Gasteiger partial charge in [0, 0.05) is 12.8 Å². The molecule has 4 nitrogen and oxygen atoms in total. The molecule has 0 fully saturated rings. The summed E-state index contributed by atoms with van der Waals surface area (Å²) in [5.41, 5.74) is 1.04. The van der Waals surface area contributed by atoms with E-state index in [1.165, 1.54) is 0 Å². The highest BCUT2D eigenvalue weighted by molar-refractivity contribution is 5.83. The van der Waals surface area contributed by atoms with Crippen LogP contribution in [0.15, 0.2) is 30.3 Å². The number of aryl methyl sites for hydroxylation is 1. The second-order valence-corrected chi connectivity index (χ2v) is 3.85. The molecule has 0 radical (unpaired) electrons. The van der Waals surface area contributed by atoms with E-state index in [0.29, 0.717) is 6.42 Å². The number of benzene rings is 1. The summed E-state index contributed by atoms with van der Waals surface area (Å²) in [6.07, 6.45) is 5.86. The van der Waals surface area contributed by atoms with Crippen molar-refractivity contribution in [3.05, 3.63) is 35.9 Å². The van der Waals surface area contributed by atoms with Crippen LogP contribution in [-0.2, 0) is 16.0 Å². The molecule has 4 heteroatoms. The van der Waals surface area contributed by atoms with E-state index >= 15 is 0 Å². The number of hydrogen-bond donors (Lipinski definition) is 2. The minimum atomic E-state index is -1.11. The molecule has 0 aliphatic heterocycles. The number of carboxylic acids is 1. The third-order valence-corrected chi connectivity index (χ3v) is 2.44. The zero-order chi connectivity index (χ0) is 13.4. The molecule has 0 aromatic heterocycles. The summed E-state index contributed by atoms with van der Waals surface area (Å²) in [5, 5.41) is 11.2. The highest BCUT2D eigenvalue weighted by atomic mass is 16.4. The van der Waals surface area contributed by atoms with Gasteiger partial charge in [-0.3, -0.25) is 4.79 Å². The highest BCUT2D eigenvalue weighted by Gasteiger charge is 2.18. The van der Waals surface area contributed by atoms with Crippen LogP contribution in [0.2, 0.25) is 0 Å². The van der Waals surface area contributed by atoms with Gasteiger partial charge in [0.2, 0.25) is 5.91 Å². The van der Waals surface area contributed by atoms with Crippen LogP contribution in [0.3, 0.4) is 0 Å². The Kier molecular flexibility index (Phi) is 5.46. The number of carbonyl (C=O) groups is 2. The van der Waals surface area contributed by atoms with Gasteiger partial charge in [0.15, 0.2) is 0 Å². The molecule has 1 aromatic rings. The van der Waals surface area contributed by atoms with Gasteiger partial charge in [0.1, 0.15) is 6.04 Å². The Labute approximate surface area is 106 Å². The number of carbonyl (C=O) groups excluding carboxylic acids is 1. The van der Waals surface area contributed by atoms with Crippen LogP contribution in [0.5, 0.6) is 0 Å². The largest absolute Gasteiger partial charge is 0.480 e. The fourth-order valence-corrected chi connectivity index (χ4v) is 1.49. The maximum atomic E-state index is 11.6.